The van der Waals surface area contributed by atoms with Crippen LogP contribution in [-0.2, 0) is 4.74 Å². The van der Waals surface area contributed by atoms with E-state index in [1.807, 2.05) is 0 Å². The number of anilines is 1. The summed E-state index contributed by atoms with van der Waals surface area (Å²) in [5.74, 6) is 0.676. The van der Waals surface area contributed by atoms with Crippen molar-refractivity contribution in [3.63, 3.8) is 0 Å². The van der Waals surface area contributed by atoms with Crippen LogP contribution in [0.3, 0.4) is 0 Å². The van der Waals surface area contributed by atoms with Crippen LogP contribution in [0.15, 0.2) is 18.4 Å². The van der Waals surface area contributed by atoms with Crippen molar-refractivity contribution >= 4 is 5.95 Å². The first-order valence-electron chi connectivity index (χ1n) is 4.90. The number of hydrogen-bond acceptors (Lipinski definition) is 4. The quantitative estimate of drug-likeness (QED) is 0.620. The lowest BCUT2D eigenvalue weighted by molar-refractivity contribution is -0.127. The highest BCUT2D eigenvalue weighted by molar-refractivity contribution is 5.36. The average Bonchev–Trinajstić information content (AvgIpc) is 1.98. The Morgan fingerprint density at radius 3 is 2.92 bits per heavy atom. The highest BCUT2D eigenvalue weighted by Gasteiger charge is 2.49. The maximum atomic E-state index is 7.38. The van der Waals surface area contributed by atoms with Crippen LogP contribution >= 0.6 is 0 Å². The van der Waals surface area contributed by atoms with Gasteiger partial charge in [-0.05, 0) is 6.07 Å². The summed E-state index contributed by atoms with van der Waals surface area (Å²) in [5.41, 5.74) is 0.376. The lowest BCUT2D eigenvalue weighted by atomic mass is 9.78. The molecule has 1 spiro atoms. The summed E-state index contributed by atoms with van der Waals surface area (Å²) in [5, 5.41) is 0. The molecule has 2 aliphatic rings. The highest BCUT2D eigenvalue weighted by Crippen LogP contribution is 2.38. The van der Waals surface area contributed by atoms with Gasteiger partial charge < -0.3 is 9.64 Å². The van der Waals surface area contributed by atoms with Crippen molar-refractivity contribution in [2.24, 2.45) is 5.41 Å². The Morgan fingerprint density at radius 1 is 1.46 bits per heavy atom. The van der Waals surface area contributed by atoms with Crippen LogP contribution in [0.5, 0.6) is 0 Å². The predicted octanol–water partition coefficient (Wildman–Crippen LogP) is 0.313. The van der Waals surface area contributed by atoms with Crippen molar-refractivity contribution in [3.05, 3.63) is 18.4 Å². The number of rotatable bonds is 1. The summed E-state index contributed by atoms with van der Waals surface area (Å²) in [7, 11) is 0. The molecule has 2 fully saturated rings. The third-order valence-electron chi connectivity index (χ3n) is 2.66. The Labute approximate surface area is 78.0 Å². The number of nitrogens with zero attached hydrogens (tertiary/aromatic N) is 3. The van der Waals surface area contributed by atoms with Gasteiger partial charge in [0.1, 0.15) is 0 Å². The molecule has 0 aliphatic carbocycles. The zero-order valence-corrected chi connectivity index (χ0v) is 7.23. The minimum absolute atomic E-state index is 0.279. The molecule has 0 atom stereocenters. The molecule has 3 rings (SSSR count). The molecule has 0 bridgehead atoms. The van der Waals surface area contributed by atoms with Crippen LogP contribution in [0.25, 0.3) is 0 Å². The molecule has 0 saturated carbocycles. The largest absolute Gasteiger partial charge is 0.380 e. The van der Waals surface area contributed by atoms with Gasteiger partial charge in [-0.3, -0.25) is 0 Å². The van der Waals surface area contributed by atoms with Crippen molar-refractivity contribution in [1.82, 2.24) is 9.97 Å². The molecule has 4 heteroatoms. The zero-order valence-electron chi connectivity index (χ0n) is 8.23. The van der Waals surface area contributed by atoms with E-state index in [9.17, 15) is 0 Å². The lowest BCUT2D eigenvalue weighted by Crippen LogP contribution is -2.66. The van der Waals surface area contributed by atoms with E-state index in [1.165, 1.54) is 0 Å². The lowest BCUT2D eigenvalue weighted by Gasteiger charge is -2.54. The normalized spacial score (nSPS) is 24.9. The molecule has 0 radical (unpaired) electrons. The molecule has 1 aromatic rings. The maximum Gasteiger partial charge on any atom is 0.225 e. The Kier molecular flexibility index (Phi) is 1.17. The first-order chi connectivity index (χ1) is 6.77. The number of hydrogen-bond donors (Lipinski definition) is 0. The Morgan fingerprint density at radius 2 is 2.31 bits per heavy atom. The highest BCUT2D eigenvalue weighted by atomic mass is 16.5. The van der Waals surface area contributed by atoms with Gasteiger partial charge >= 0.3 is 0 Å². The van der Waals surface area contributed by atoms with E-state index in [-0.39, 0.29) is 6.17 Å². The Hall–Kier alpha value is -1.16. The average molecular weight is 178 g/mol. The number of aromatic nitrogens is 2. The van der Waals surface area contributed by atoms with E-state index >= 15 is 0 Å². The minimum Gasteiger partial charge on any atom is -0.380 e. The third-order valence-corrected chi connectivity index (χ3v) is 2.66. The second-order valence-corrected chi connectivity index (χ2v) is 3.83. The topological polar surface area (TPSA) is 38.2 Å². The fourth-order valence-electron chi connectivity index (χ4n) is 1.89. The molecular formula is C9H11N3O. The van der Waals surface area contributed by atoms with Crippen LogP contribution in [0.2, 0.25) is 0 Å². The smallest absolute Gasteiger partial charge is 0.225 e. The molecule has 13 heavy (non-hydrogen) atoms. The molecule has 0 aromatic carbocycles. The first kappa shape index (κ1) is 6.32. The molecule has 0 N–H and O–H groups in total. The second-order valence-electron chi connectivity index (χ2n) is 3.83. The SMILES string of the molecule is [2H]c1ccnc(N2CC3(COC3)C2)n1. The summed E-state index contributed by atoms with van der Waals surface area (Å²) in [6.07, 6.45) is 1.91. The Balaban J connectivity index is 1.73. The fraction of sp³-hybridized carbons (Fsp3) is 0.556. The summed E-state index contributed by atoms with van der Waals surface area (Å²) >= 11 is 0. The van der Waals surface area contributed by atoms with Gasteiger partial charge in [0.05, 0.1) is 20.0 Å². The molecule has 4 nitrogen and oxygen atoms in total. The first-order valence-corrected chi connectivity index (χ1v) is 4.40. The standard InChI is InChI=1S/C9H11N3O/c1-2-10-8(11-3-1)12-4-9(5-12)6-13-7-9/h1-3H,4-7H2/i2D. The van der Waals surface area contributed by atoms with Crippen LogP contribution in [0, 0.1) is 5.41 Å². The summed E-state index contributed by atoms with van der Waals surface area (Å²) in [6.45, 7) is 3.67. The van der Waals surface area contributed by atoms with Gasteiger partial charge in [0.25, 0.3) is 0 Å². The molecule has 0 unspecified atom stereocenters. The van der Waals surface area contributed by atoms with Gasteiger partial charge in [0, 0.05) is 25.5 Å². The molecule has 2 saturated heterocycles. The summed E-state index contributed by atoms with van der Waals surface area (Å²) in [6, 6.07) is 1.59. The minimum atomic E-state index is 0.279. The zero-order chi connectivity index (χ0) is 9.60. The van der Waals surface area contributed by atoms with Gasteiger partial charge in [-0.2, -0.15) is 0 Å². The maximum absolute atomic E-state index is 7.38. The molecule has 68 valence electrons. The van der Waals surface area contributed by atoms with Gasteiger partial charge in [-0.1, -0.05) is 0 Å². The van der Waals surface area contributed by atoms with Crippen molar-refractivity contribution in [1.29, 1.82) is 0 Å². The second kappa shape index (κ2) is 2.42. The van der Waals surface area contributed by atoms with Crippen LogP contribution in [0.1, 0.15) is 1.37 Å². The molecule has 2 aliphatic heterocycles. The van der Waals surface area contributed by atoms with Crippen LogP contribution in [0.4, 0.5) is 5.95 Å². The van der Waals surface area contributed by atoms with Crippen molar-refractivity contribution < 1.29 is 6.11 Å². The van der Waals surface area contributed by atoms with Gasteiger partial charge in [0.15, 0.2) is 0 Å². The molecule has 1 aromatic heterocycles. The van der Waals surface area contributed by atoms with Gasteiger partial charge in [-0.25, -0.2) is 9.97 Å². The van der Waals surface area contributed by atoms with Gasteiger partial charge in [0.2, 0.25) is 5.95 Å². The Bertz CT molecular complexity index is 359. The molecule has 3 heterocycles. The molecular weight excluding hydrogens is 166 g/mol. The monoisotopic (exact) mass is 178 g/mol. The van der Waals surface area contributed by atoms with Crippen molar-refractivity contribution in [3.8, 4) is 0 Å². The third kappa shape index (κ3) is 1.02. The van der Waals surface area contributed by atoms with E-state index < -0.39 is 0 Å². The predicted molar refractivity (Wildman–Crippen MR) is 47.5 cm³/mol. The van der Waals surface area contributed by atoms with E-state index in [0.29, 0.717) is 11.4 Å². The van der Waals surface area contributed by atoms with Crippen molar-refractivity contribution in [2.75, 3.05) is 31.2 Å². The van der Waals surface area contributed by atoms with Crippen LogP contribution < -0.4 is 4.90 Å². The van der Waals surface area contributed by atoms with E-state index in [4.69, 9.17) is 6.11 Å². The summed E-state index contributed by atoms with van der Waals surface area (Å²) in [4.78, 5) is 10.3. The van der Waals surface area contributed by atoms with Crippen LogP contribution in [-0.4, -0.2) is 36.3 Å². The van der Waals surface area contributed by atoms with Gasteiger partial charge in [-0.15, -0.1) is 0 Å². The van der Waals surface area contributed by atoms with Crippen molar-refractivity contribution in [2.45, 2.75) is 0 Å². The molecule has 0 amide bonds. The van der Waals surface area contributed by atoms with E-state index in [0.717, 1.165) is 26.3 Å². The van der Waals surface area contributed by atoms with E-state index in [1.54, 1.807) is 12.3 Å². The number of ether oxygens (including phenoxy) is 1. The van der Waals surface area contributed by atoms with E-state index in [2.05, 4.69) is 14.9 Å². The summed E-state index contributed by atoms with van der Waals surface area (Å²) < 4.78 is 12.6. The fourth-order valence-corrected chi connectivity index (χ4v) is 1.89.